The summed E-state index contributed by atoms with van der Waals surface area (Å²) in [4.78, 5) is 17.9. The number of benzene rings is 4. The van der Waals surface area contributed by atoms with Crippen LogP contribution in [0, 0.1) is 30.2 Å². The van der Waals surface area contributed by atoms with E-state index in [2.05, 4.69) is 16.0 Å². The van der Waals surface area contributed by atoms with Crippen molar-refractivity contribution in [1.29, 1.82) is 0 Å². The van der Waals surface area contributed by atoms with Crippen LogP contribution in [0.1, 0.15) is 52.5 Å². The first-order chi connectivity index (χ1) is 21.8. The van der Waals surface area contributed by atoms with Crippen LogP contribution >= 0.6 is 0 Å². The van der Waals surface area contributed by atoms with Gasteiger partial charge in [0.05, 0.1) is 34.7 Å². The summed E-state index contributed by atoms with van der Waals surface area (Å²) in [7, 11) is 1.64. The van der Waals surface area contributed by atoms with E-state index in [1.54, 1.807) is 31.9 Å². The highest BCUT2D eigenvalue weighted by molar-refractivity contribution is 6.03. The fourth-order valence-electron chi connectivity index (χ4n) is 6.56. The molecule has 0 bridgehead atoms. The zero-order chi connectivity index (χ0) is 33.1. The van der Waals surface area contributed by atoms with Crippen molar-refractivity contribution in [2.75, 3.05) is 23.0 Å². The molecule has 0 radical (unpaired) electrons. The maximum Gasteiger partial charge on any atom is 0.258 e. The minimum absolute atomic E-state index is 0.135. The van der Waals surface area contributed by atoms with Crippen LogP contribution in [0.4, 0.5) is 34.6 Å². The van der Waals surface area contributed by atoms with Crippen LogP contribution in [0.5, 0.6) is 11.5 Å². The highest BCUT2D eigenvalue weighted by Crippen LogP contribution is 2.44. The smallest absolute Gasteiger partial charge is 0.258 e. The Balaban J connectivity index is 1.47. The van der Waals surface area contributed by atoms with E-state index < -0.39 is 52.6 Å². The van der Waals surface area contributed by atoms with Gasteiger partial charge in [0, 0.05) is 20.1 Å². The normalized spacial score (nSPS) is 18.9. The number of fused-ring (bicyclic) bond motifs is 2. The Morgan fingerprint density at radius 3 is 1.96 bits per heavy atom. The number of carbonyl (C=O) groups is 1. The minimum atomic E-state index is -1.36. The summed E-state index contributed by atoms with van der Waals surface area (Å²) < 4.78 is 57.6. The second kappa shape index (κ2) is 11.4. The van der Waals surface area contributed by atoms with Crippen LogP contribution in [-0.2, 0) is 13.1 Å². The third kappa shape index (κ3) is 4.93. The third-order valence-corrected chi connectivity index (χ3v) is 8.94. The Kier molecular flexibility index (Phi) is 7.71. The Labute approximate surface area is 263 Å². The molecule has 0 saturated carbocycles. The molecule has 5 N–H and O–H groups in total. The van der Waals surface area contributed by atoms with Gasteiger partial charge in [-0.15, -0.1) is 0 Å². The molecular weight excluding hydrogens is 602 g/mol. The van der Waals surface area contributed by atoms with Gasteiger partial charge in [-0.1, -0.05) is 30.3 Å². The first kappa shape index (κ1) is 31.0. The summed E-state index contributed by atoms with van der Waals surface area (Å²) >= 11 is 0. The number of likely N-dealkylation sites (N-methyl/N-ethyl adjacent to an activating group) is 1. The maximum absolute atomic E-state index is 15.1. The molecule has 3 atom stereocenters. The average molecular weight is 636 g/mol. The van der Waals surface area contributed by atoms with Crippen molar-refractivity contribution in [3.63, 3.8) is 0 Å². The lowest BCUT2D eigenvalue weighted by Crippen LogP contribution is -2.73. The molecule has 2 aliphatic heterocycles. The Hall–Kier alpha value is -4.97. The number of anilines is 3. The van der Waals surface area contributed by atoms with E-state index >= 15 is 4.39 Å². The number of hydrogen-bond donors (Lipinski definition) is 5. The highest BCUT2D eigenvalue weighted by atomic mass is 19.1. The molecule has 46 heavy (non-hydrogen) atoms. The van der Waals surface area contributed by atoms with Crippen LogP contribution in [0.25, 0.3) is 0 Å². The molecule has 0 aromatic heterocycles. The second-order valence-corrected chi connectivity index (χ2v) is 11.9. The van der Waals surface area contributed by atoms with Gasteiger partial charge in [-0.25, -0.2) is 17.6 Å². The fourth-order valence-corrected chi connectivity index (χ4v) is 6.56. The third-order valence-electron chi connectivity index (χ3n) is 8.94. The molecule has 240 valence electrons. The molecule has 0 aliphatic carbocycles. The van der Waals surface area contributed by atoms with E-state index in [0.29, 0.717) is 29.9 Å². The van der Waals surface area contributed by atoms with Crippen molar-refractivity contribution in [1.82, 2.24) is 9.80 Å². The molecule has 0 saturated heterocycles. The van der Waals surface area contributed by atoms with E-state index in [1.807, 2.05) is 42.2 Å². The van der Waals surface area contributed by atoms with Crippen molar-refractivity contribution in [2.45, 2.75) is 51.7 Å². The zero-order valence-electron chi connectivity index (χ0n) is 25.6. The SMILES string of the molecule is Cc1cc2c(c(C(C)Nc3ccc(F)c(O)c3F)c1)NC(C(C)Nc1ccc(F)c(O)c1F)(N1Cc3ccccc3C1)N(C)C2=O. The molecule has 12 heteroatoms. The van der Waals surface area contributed by atoms with Crippen molar-refractivity contribution >= 4 is 23.0 Å². The second-order valence-electron chi connectivity index (χ2n) is 11.9. The quantitative estimate of drug-likeness (QED) is 0.143. The molecule has 8 nitrogen and oxygen atoms in total. The number of amides is 1. The number of rotatable bonds is 7. The maximum atomic E-state index is 15.1. The van der Waals surface area contributed by atoms with E-state index in [-0.39, 0.29) is 17.3 Å². The van der Waals surface area contributed by atoms with Gasteiger partial charge in [-0.3, -0.25) is 9.69 Å². The van der Waals surface area contributed by atoms with E-state index in [4.69, 9.17) is 0 Å². The predicted molar refractivity (Wildman–Crippen MR) is 166 cm³/mol. The number of nitrogens with zero attached hydrogens (tertiary/aromatic N) is 2. The number of nitrogens with one attached hydrogen (secondary N) is 3. The topological polar surface area (TPSA) is 100 Å². The Morgan fingerprint density at radius 1 is 0.848 bits per heavy atom. The molecule has 3 unspecified atom stereocenters. The van der Waals surface area contributed by atoms with Crippen molar-refractivity contribution < 1.29 is 32.6 Å². The van der Waals surface area contributed by atoms with Crippen LogP contribution in [0.15, 0.2) is 60.7 Å². The summed E-state index contributed by atoms with van der Waals surface area (Å²) in [6.07, 6.45) is 0. The number of hydrogen-bond acceptors (Lipinski definition) is 7. The molecule has 4 aromatic rings. The predicted octanol–water partition coefficient (Wildman–Crippen LogP) is 6.80. The summed E-state index contributed by atoms with van der Waals surface area (Å²) in [6.45, 7) is 6.16. The molecule has 2 aliphatic rings. The minimum Gasteiger partial charge on any atom is -0.503 e. The molecule has 1 amide bonds. The average Bonchev–Trinajstić information content (AvgIpc) is 3.48. The van der Waals surface area contributed by atoms with E-state index in [9.17, 15) is 28.2 Å². The van der Waals surface area contributed by atoms with Crippen LogP contribution in [0.2, 0.25) is 0 Å². The molecule has 0 fully saturated rings. The van der Waals surface area contributed by atoms with Gasteiger partial charge in [0.1, 0.15) is 0 Å². The van der Waals surface area contributed by atoms with Crippen LogP contribution in [-0.4, -0.2) is 44.8 Å². The lowest BCUT2D eigenvalue weighted by molar-refractivity contribution is -0.0290. The fraction of sp³-hybridized carbons (Fsp3) is 0.265. The van der Waals surface area contributed by atoms with Crippen LogP contribution < -0.4 is 16.0 Å². The number of halogens is 4. The number of carbonyl (C=O) groups excluding carboxylic acids is 1. The lowest BCUT2D eigenvalue weighted by Gasteiger charge is -2.55. The van der Waals surface area contributed by atoms with Gasteiger partial charge in [0.25, 0.3) is 5.91 Å². The Morgan fingerprint density at radius 2 is 1.39 bits per heavy atom. The van der Waals surface area contributed by atoms with Crippen molar-refractivity contribution in [3.8, 4) is 11.5 Å². The van der Waals surface area contributed by atoms with Crippen molar-refractivity contribution in [2.24, 2.45) is 0 Å². The number of phenols is 2. The molecular formula is C34H33F4N5O3. The van der Waals surface area contributed by atoms with Gasteiger partial charge in [-0.05, 0) is 73.4 Å². The molecule has 2 heterocycles. The summed E-state index contributed by atoms with van der Waals surface area (Å²) in [5.74, 6) is -8.45. The van der Waals surface area contributed by atoms with Gasteiger partial charge in [0.2, 0.25) is 0 Å². The summed E-state index contributed by atoms with van der Waals surface area (Å²) in [5.41, 5.74) is 3.90. The first-order valence-corrected chi connectivity index (χ1v) is 14.7. The molecule has 0 spiro atoms. The summed E-state index contributed by atoms with van der Waals surface area (Å²) in [5, 5.41) is 29.5. The number of aryl methyl sites for hydroxylation is 1. The summed E-state index contributed by atoms with van der Waals surface area (Å²) in [6, 6.07) is 14.2. The van der Waals surface area contributed by atoms with Gasteiger partial charge in [0.15, 0.2) is 40.6 Å². The largest absolute Gasteiger partial charge is 0.503 e. The van der Waals surface area contributed by atoms with Gasteiger partial charge >= 0.3 is 0 Å². The monoisotopic (exact) mass is 635 g/mol. The molecule has 6 rings (SSSR count). The van der Waals surface area contributed by atoms with Crippen LogP contribution in [0.3, 0.4) is 0 Å². The Bertz CT molecular complexity index is 1850. The standard InChI is InChI=1S/C34H33F4N5O3/c1-17-13-22(18(2)39-26-11-9-24(35)31(44)28(26)37)30-23(14-17)33(46)42(4)34(41-30,43-15-20-7-5-6-8-21(20)16-43)19(3)40-27-12-10-25(36)32(45)29(27)38/h5-14,18-19,39-41,44-45H,15-16H2,1-4H3. The van der Waals surface area contributed by atoms with Gasteiger partial charge in [-0.2, -0.15) is 0 Å². The number of phenolic OH excluding ortho intramolecular Hbond substituents is 2. The lowest BCUT2D eigenvalue weighted by atomic mass is 9.92. The number of aromatic hydroxyl groups is 2. The van der Waals surface area contributed by atoms with Crippen molar-refractivity contribution in [3.05, 3.63) is 112 Å². The van der Waals surface area contributed by atoms with Gasteiger partial charge < -0.3 is 31.1 Å². The van der Waals surface area contributed by atoms with E-state index in [0.717, 1.165) is 28.8 Å². The molecule has 4 aromatic carbocycles. The zero-order valence-corrected chi connectivity index (χ0v) is 25.6. The highest BCUT2D eigenvalue weighted by Gasteiger charge is 2.53. The van der Waals surface area contributed by atoms with E-state index in [1.165, 1.54) is 12.1 Å². The first-order valence-electron chi connectivity index (χ1n) is 14.7.